The quantitative estimate of drug-likeness (QED) is 0.476. The zero-order valence-electron chi connectivity index (χ0n) is 6.37. The minimum atomic E-state index is 0.573. The number of nitrogens with zero attached hydrogens (tertiary/aromatic N) is 1. The van der Waals surface area contributed by atoms with Crippen molar-refractivity contribution in [1.29, 1.82) is 0 Å². The van der Waals surface area contributed by atoms with Crippen LogP contribution in [0.5, 0.6) is 5.75 Å². The first kappa shape index (κ1) is 7.97. The largest absolute Gasteiger partial charge is 0.495 e. The van der Waals surface area contributed by atoms with Gasteiger partial charge in [0.1, 0.15) is 5.75 Å². The Morgan fingerprint density at radius 1 is 1.64 bits per heavy atom. The number of nitrogens with one attached hydrogen (secondary N) is 1. The predicted molar refractivity (Wildman–Crippen MR) is 41.8 cm³/mol. The molecular weight excluding hydrogens is 142 g/mol. The molecule has 3 N–H and O–H groups in total. The first-order valence-electron chi connectivity index (χ1n) is 3.29. The molecule has 1 heterocycles. The third kappa shape index (κ3) is 2.18. The molecule has 0 amide bonds. The highest BCUT2D eigenvalue weighted by Crippen LogP contribution is 2.06. The van der Waals surface area contributed by atoms with Crippen molar-refractivity contribution in [2.75, 3.05) is 7.11 Å². The standard InChI is InChI=1S/C7H11N3O/c1-11-7-3-2-6(4-10-8)9-5-7/h2-3,5,10H,4,8H2,1H3. The topological polar surface area (TPSA) is 60.2 Å². The predicted octanol–water partition coefficient (Wildman–Crippen LogP) is 0.0535. The molecule has 0 saturated heterocycles. The Morgan fingerprint density at radius 3 is 2.91 bits per heavy atom. The van der Waals surface area contributed by atoms with E-state index in [0.717, 1.165) is 11.4 Å². The second-order valence-corrected chi connectivity index (χ2v) is 2.07. The molecule has 1 rings (SSSR count). The summed E-state index contributed by atoms with van der Waals surface area (Å²) in [6, 6.07) is 3.71. The molecule has 0 aliphatic heterocycles. The molecule has 0 aliphatic rings. The number of aromatic nitrogens is 1. The molecule has 60 valence electrons. The van der Waals surface area contributed by atoms with Gasteiger partial charge in [0.2, 0.25) is 0 Å². The lowest BCUT2D eigenvalue weighted by atomic mass is 10.3. The van der Waals surface area contributed by atoms with Crippen LogP contribution in [0, 0.1) is 0 Å². The van der Waals surface area contributed by atoms with Crippen LogP contribution in [-0.4, -0.2) is 12.1 Å². The van der Waals surface area contributed by atoms with Gasteiger partial charge in [-0.2, -0.15) is 0 Å². The maximum absolute atomic E-state index is 5.11. The van der Waals surface area contributed by atoms with Gasteiger partial charge >= 0.3 is 0 Å². The summed E-state index contributed by atoms with van der Waals surface area (Å²) in [7, 11) is 1.61. The number of methoxy groups -OCH3 is 1. The third-order valence-corrected chi connectivity index (χ3v) is 1.32. The average Bonchev–Trinajstić information content (AvgIpc) is 2.07. The average molecular weight is 153 g/mol. The van der Waals surface area contributed by atoms with Crippen LogP contribution in [0.4, 0.5) is 0 Å². The second-order valence-electron chi connectivity index (χ2n) is 2.07. The van der Waals surface area contributed by atoms with Gasteiger partial charge in [-0.3, -0.25) is 16.3 Å². The highest BCUT2D eigenvalue weighted by atomic mass is 16.5. The molecule has 1 aromatic heterocycles. The molecule has 1 aromatic rings. The molecule has 0 atom stereocenters. The summed E-state index contributed by atoms with van der Waals surface area (Å²) in [6.45, 7) is 0.573. The van der Waals surface area contributed by atoms with Crippen molar-refractivity contribution in [3.8, 4) is 5.75 Å². The molecule has 0 bridgehead atoms. The third-order valence-electron chi connectivity index (χ3n) is 1.32. The Labute approximate surface area is 65.4 Å². The van der Waals surface area contributed by atoms with Crippen LogP contribution in [-0.2, 0) is 6.54 Å². The van der Waals surface area contributed by atoms with E-state index in [1.165, 1.54) is 0 Å². The number of hydrazine groups is 1. The van der Waals surface area contributed by atoms with Crippen molar-refractivity contribution in [3.05, 3.63) is 24.0 Å². The van der Waals surface area contributed by atoms with Gasteiger partial charge in [0, 0.05) is 0 Å². The van der Waals surface area contributed by atoms with Crippen molar-refractivity contribution in [1.82, 2.24) is 10.4 Å². The van der Waals surface area contributed by atoms with Crippen LogP contribution in [0.2, 0.25) is 0 Å². The summed E-state index contributed by atoms with van der Waals surface area (Å²) in [6.07, 6.45) is 1.66. The van der Waals surface area contributed by atoms with E-state index in [1.807, 2.05) is 12.1 Å². The molecule has 0 aliphatic carbocycles. The molecule has 0 spiro atoms. The Hall–Kier alpha value is -1.13. The minimum absolute atomic E-state index is 0.573. The summed E-state index contributed by atoms with van der Waals surface area (Å²) in [5.74, 6) is 5.87. The van der Waals surface area contributed by atoms with Gasteiger partial charge in [-0.15, -0.1) is 0 Å². The van der Waals surface area contributed by atoms with Gasteiger partial charge in [0.15, 0.2) is 0 Å². The van der Waals surface area contributed by atoms with Gasteiger partial charge < -0.3 is 4.74 Å². The first-order valence-corrected chi connectivity index (χ1v) is 3.29. The maximum Gasteiger partial charge on any atom is 0.137 e. The van der Waals surface area contributed by atoms with E-state index in [2.05, 4.69) is 10.4 Å². The van der Waals surface area contributed by atoms with Crippen LogP contribution < -0.4 is 16.0 Å². The fraction of sp³-hybridized carbons (Fsp3) is 0.286. The Balaban J connectivity index is 2.66. The van der Waals surface area contributed by atoms with E-state index in [1.54, 1.807) is 13.3 Å². The Bertz CT molecular complexity index is 209. The maximum atomic E-state index is 5.11. The summed E-state index contributed by atoms with van der Waals surface area (Å²) in [5, 5.41) is 0. The van der Waals surface area contributed by atoms with Gasteiger partial charge in [-0.1, -0.05) is 0 Å². The van der Waals surface area contributed by atoms with Crippen molar-refractivity contribution >= 4 is 0 Å². The molecule has 4 nitrogen and oxygen atoms in total. The fourth-order valence-corrected chi connectivity index (χ4v) is 0.741. The van der Waals surface area contributed by atoms with E-state index < -0.39 is 0 Å². The Morgan fingerprint density at radius 2 is 2.45 bits per heavy atom. The monoisotopic (exact) mass is 153 g/mol. The van der Waals surface area contributed by atoms with E-state index in [-0.39, 0.29) is 0 Å². The van der Waals surface area contributed by atoms with E-state index in [9.17, 15) is 0 Å². The molecule has 0 aromatic carbocycles. The summed E-state index contributed by atoms with van der Waals surface area (Å²) in [5.41, 5.74) is 3.41. The smallest absolute Gasteiger partial charge is 0.137 e. The summed E-state index contributed by atoms with van der Waals surface area (Å²) < 4.78 is 4.93. The van der Waals surface area contributed by atoms with Crippen molar-refractivity contribution in [2.45, 2.75) is 6.54 Å². The van der Waals surface area contributed by atoms with E-state index in [4.69, 9.17) is 10.6 Å². The van der Waals surface area contributed by atoms with Crippen molar-refractivity contribution in [3.63, 3.8) is 0 Å². The fourth-order valence-electron chi connectivity index (χ4n) is 0.741. The highest BCUT2D eigenvalue weighted by Gasteiger charge is 1.92. The van der Waals surface area contributed by atoms with Gasteiger partial charge in [0.05, 0.1) is 25.5 Å². The van der Waals surface area contributed by atoms with Crippen molar-refractivity contribution < 1.29 is 4.74 Å². The molecular formula is C7H11N3O. The first-order chi connectivity index (χ1) is 5.36. The van der Waals surface area contributed by atoms with Gasteiger partial charge in [-0.25, -0.2) is 0 Å². The molecule has 0 saturated carbocycles. The van der Waals surface area contributed by atoms with Crippen molar-refractivity contribution in [2.24, 2.45) is 5.84 Å². The van der Waals surface area contributed by atoms with E-state index >= 15 is 0 Å². The summed E-state index contributed by atoms with van der Waals surface area (Å²) >= 11 is 0. The normalized spacial score (nSPS) is 9.64. The molecule has 11 heavy (non-hydrogen) atoms. The van der Waals surface area contributed by atoms with E-state index in [0.29, 0.717) is 6.54 Å². The lowest BCUT2D eigenvalue weighted by molar-refractivity contribution is 0.412. The zero-order valence-corrected chi connectivity index (χ0v) is 6.37. The van der Waals surface area contributed by atoms with Gasteiger partial charge in [-0.05, 0) is 12.1 Å². The molecule has 0 fully saturated rings. The van der Waals surface area contributed by atoms with Gasteiger partial charge in [0.25, 0.3) is 0 Å². The number of ether oxygens (including phenoxy) is 1. The lowest BCUT2D eigenvalue weighted by Crippen LogP contribution is -2.21. The second kappa shape index (κ2) is 3.90. The number of pyridine rings is 1. The SMILES string of the molecule is COc1ccc(CNN)nc1. The molecule has 4 heteroatoms. The minimum Gasteiger partial charge on any atom is -0.495 e. The van der Waals surface area contributed by atoms with Crippen LogP contribution in [0.3, 0.4) is 0 Å². The Kier molecular flexibility index (Phi) is 2.83. The van der Waals surface area contributed by atoms with Crippen LogP contribution >= 0.6 is 0 Å². The van der Waals surface area contributed by atoms with Crippen LogP contribution in [0.15, 0.2) is 18.3 Å². The lowest BCUT2D eigenvalue weighted by Gasteiger charge is -2.00. The summed E-state index contributed by atoms with van der Waals surface area (Å²) in [4.78, 5) is 4.07. The molecule has 0 unspecified atom stereocenters. The molecule has 0 radical (unpaired) electrons. The zero-order chi connectivity index (χ0) is 8.10. The highest BCUT2D eigenvalue weighted by molar-refractivity contribution is 5.19. The van der Waals surface area contributed by atoms with Crippen LogP contribution in [0.1, 0.15) is 5.69 Å². The number of hydrogen-bond donors (Lipinski definition) is 2. The number of rotatable bonds is 3. The van der Waals surface area contributed by atoms with Crippen LogP contribution in [0.25, 0.3) is 0 Å². The number of nitrogens with two attached hydrogens (primary N) is 1. The number of hydrogen-bond acceptors (Lipinski definition) is 4.